The summed E-state index contributed by atoms with van der Waals surface area (Å²) in [6.45, 7) is 2.89. The molecule has 2 rings (SSSR count). The Morgan fingerprint density at radius 3 is 2.68 bits per heavy atom. The lowest BCUT2D eigenvalue weighted by Crippen LogP contribution is -2.34. The normalized spacial score (nSPS) is 23.3. The molecule has 1 saturated heterocycles. The topological polar surface area (TPSA) is 85.2 Å². The highest BCUT2D eigenvalue weighted by Gasteiger charge is 2.34. The Labute approximate surface area is 129 Å². The molecule has 0 aliphatic carbocycles. The van der Waals surface area contributed by atoms with Gasteiger partial charge >= 0.3 is 5.97 Å². The molecule has 122 valence electrons. The van der Waals surface area contributed by atoms with E-state index in [9.17, 15) is 15.0 Å². The fourth-order valence-electron chi connectivity index (χ4n) is 2.25. The summed E-state index contributed by atoms with van der Waals surface area (Å²) in [6.07, 6.45) is -0.827. The van der Waals surface area contributed by atoms with Crippen LogP contribution in [0.15, 0.2) is 30.3 Å². The van der Waals surface area contributed by atoms with Gasteiger partial charge in [0.1, 0.15) is 12.7 Å². The van der Waals surface area contributed by atoms with Crippen molar-refractivity contribution >= 4 is 5.97 Å². The molecular weight excluding hydrogens is 288 g/mol. The maximum atomic E-state index is 11.8. The molecule has 6 nitrogen and oxygen atoms in total. The summed E-state index contributed by atoms with van der Waals surface area (Å²) >= 11 is 0. The van der Waals surface area contributed by atoms with E-state index in [4.69, 9.17) is 14.2 Å². The third kappa shape index (κ3) is 5.06. The molecule has 22 heavy (non-hydrogen) atoms. The summed E-state index contributed by atoms with van der Waals surface area (Å²) in [7, 11) is 0. The van der Waals surface area contributed by atoms with Crippen LogP contribution in [0.3, 0.4) is 0 Å². The van der Waals surface area contributed by atoms with Gasteiger partial charge in [-0.25, -0.2) is 4.79 Å². The number of carbonyl (C=O) groups excluding carboxylic acids is 1. The van der Waals surface area contributed by atoms with Crippen LogP contribution in [0.4, 0.5) is 0 Å². The first-order chi connectivity index (χ1) is 10.3. The van der Waals surface area contributed by atoms with Gasteiger partial charge in [0.25, 0.3) is 0 Å². The molecule has 1 aromatic rings. The van der Waals surface area contributed by atoms with Crippen molar-refractivity contribution in [2.24, 2.45) is 0 Å². The van der Waals surface area contributed by atoms with Gasteiger partial charge in [-0.15, -0.1) is 0 Å². The van der Waals surface area contributed by atoms with Crippen LogP contribution >= 0.6 is 0 Å². The highest BCUT2D eigenvalue weighted by Crippen LogP contribution is 2.26. The minimum absolute atomic E-state index is 0.145. The molecule has 1 aromatic carbocycles. The van der Waals surface area contributed by atoms with Crippen molar-refractivity contribution in [3.05, 3.63) is 35.9 Å². The molecule has 0 spiro atoms. The number of hydrogen-bond acceptors (Lipinski definition) is 6. The molecule has 0 aromatic heterocycles. The predicted octanol–water partition coefficient (Wildman–Crippen LogP) is 1.45. The highest BCUT2D eigenvalue weighted by molar-refractivity contribution is 5.89. The van der Waals surface area contributed by atoms with E-state index >= 15 is 0 Å². The SMILES string of the molecule is CC(C)(O)O[C@@H]1CC[C@@H]([C@H](O)COC(=O)c2ccccc2)O1. The van der Waals surface area contributed by atoms with Gasteiger partial charge < -0.3 is 24.4 Å². The number of benzene rings is 1. The average Bonchev–Trinajstić information content (AvgIpc) is 2.91. The molecule has 6 heteroatoms. The molecule has 2 N–H and O–H groups in total. The zero-order valence-corrected chi connectivity index (χ0v) is 12.8. The first-order valence-corrected chi connectivity index (χ1v) is 7.31. The molecule has 0 amide bonds. The van der Waals surface area contributed by atoms with E-state index in [-0.39, 0.29) is 6.61 Å². The number of rotatable bonds is 6. The van der Waals surface area contributed by atoms with Crippen molar-refractivity contribution in [3.63, 3.8) is 0 Å². The highest BCUT2D eigenvalue weighted by atomic mass is 16.7. The first-order valence-electron chi connectivity index (χ1n) is 7.31. The Bertz CT molecular complexity index is 481. The molecule has 0 bridgehead atoms. The van der Waals surface area contributed by atoms with Gasteiger partial charge in [-0.3, -0.25) is 0 Å². The molecule has 0 radical (unpaired) electrons. The maximum absolute atomic E-state index is 11.8. The fraction of sp³-hybridized carbons (Fsp3) is 0.562. The van der Waals surface area contributed by atoms with Crippen molar-refractivity contribution in [2.75, 3.05) is 6.61 Å². The van der Waals surface area contributed by atoms with E-state index in [0.29, 0.717) is 18.4 Å². The van der Waals surface area contributed by atoms with Gasteiger partial charge in [-0.05, 0) is 32.4 Å². The summed E-state index contributed by atoms with van der Waals surface area (Å²) in [4.78, 5) is 11.8. The number of aliphatic hydroxyl groups excluding tert-OH is 1. The van der Waals surface area contributed by atoms with Crippen LogP contribution in [-0.4, -0.2) is 47.1 Å². The molecule has 3 atom stereocenters. The smallest absolute Gasteiger partial charge is 0.338 e. The Hall–Kier alpha value is -1.47. The molecule has 0 saturated carbocycles. The van der Waals surface area contributed by atoms with Crippen LogP contribution in [0.1, 0.15) is 37.0 Å². The van der Waals surface area contributed by atoms with Gasteiger partial charge in [0, 0.05) is 6.42 Å². The largest absolute Gasteiger partial charge is 0.459 e. The van der Waals surface area contributed by atoms with Crippen LogP contribution in [0.5, 0.6) is 0 Å². The van der Waals surface area contributed by atoms with Crippen molar-refractivity contribution in [3.8, 4) is 0 Å². The van der Waals surface area contributed by atoms with E-state index in [1.807, 2.05) is 0 Å². The number of hydrogen-bond donors (Lipinski definition) is 2. The summed E-state index contributed by atoms with van der Waals surface area (Å²) in [5.74, 6) is -1.77. The van der Waals surface area contributed by atoms with Gasteiger partial charge in [0.2, 0.25) is 0 Å². The van der Waals surface area contributed by atoms with Crippen LogP contribution in [0, 0.1) is 0 Å². The van der Waals surface area contributed by atoms with Crippen LogP contribution < -0.4 is 0 Å². The molecule has 1 aliphatic heterocycles. The lowest BCUT2D eigenvalue weighted by atomic mass is 10.1. The monoisotopic (exact) mass is 310 g/mol. The summed E-state index contributed by atoms with van der Waals surface area (Å²) in [5, 5.41) is 19.6. The number of ether oxygens (including phenoxy) is 3. The lowest BCUT2D eigenvalue weighted by molar-refractivity contribution is -0.273. The van der Waals surface area contributed by atoms with Crippen LogP contribution in [0.25, 0.3) is 0 Å². The number of esters is 1. The molecule has 1 fully saturated rings. The number of aliphatic hydroxyl groups is 2. The second kappa shape index (κ2) is 7.19. The summed E-state index contributed by atoms with van der Waals surface area (Å²) in [5.41, 5.74) is 0.435. The molecular formula is C16H22O6. The summed E-state index contributed by atoms with van der Waals surface area (Å²) < 4.78 is 15.9. The quantitative estimate of drug-likeness (QED) is 0.611. The second-order valence-electron chi connectivity index (χ2n) is 5.78. The van der Waals surface area contributed by atoms with E-state index in [1.165, 1.54) is 13.8 Å². The van der Waals surface area contributed by atoms with Crippen LogP contribution in [0.2, 0.25) is 0 Å². The standard InChI is InChI=1S/C16H22O6/c1-16(2,19)22-14-9-8-13(21-14)12(17)10-20-15(18)11-6-4-3-5-7-11/h3-7,12-14,17,19H,8-10H2,1-2H3/t12-,13+,14-/m1/s1. The zero-order valence-electron chi connectivity index (χ0n) is 12.8. The molecule has 1 heterocycles. The lowest BCUT2D eigenvalue weighted by Gasteiger charge is -2.24. The van der Waals surface area contributed by atoms with E-state index < -0.39 is 30.3 Å². The fourth-order valence-corrected chi connectivity index (χ4v) is 2.25. The maximum Gasteiger partial charge on any atom is 0.338 e. The predicted molar refractivity (Wildman–Crippen MR) is 78.0 cm³/mol. The molecule has 0 unspecified atom stereocenters. The van der Waals surface area contributed by atoms with Gasteiger partial charge in [0.15, 0.2) is 12.1 Å². The molecule has 1 aliphatic rings. The van der Waals surface area contributed by atoms with Crippen LogP contribution in [-0.2, 0) is 14.2 Å². The minimum Gasteiger partial charge on any atom is -0.459 e. The Kier molecular flexibility index (Phi) is 5.52. The van der Waals surface area contributed by atoms with Crippen molar-refractivity contribution in [1.82, 2.24) is 0 Å². The van der Waals surface area contributed by atoms with E-state index in [1.54, 1.807) is 30.3 Å². The van der Waals surface area contributed by atoms with Gasteiger partial charge in [0.05, 0.1) is 11.7 Å². The van der Waals surface area contributed by atoms with Crippen molar-refractivity contribution in [1.29, 1.82) is 0 Å². The Balaban J connectivity index is 1.76. The van der Waals surface area contributed by atoms with Crippen molar-refractivity contribution in [2.45, 2.75) is 51.0 Å². The van der Waals surface area contributed by atoms with E-state index in [0.717, 1.165) is 0 Å². The van der Waals surface area contributed by atoms with Gasteiger partial charge in [-0.1, -0.05) is 18.2 Å². The second-order valence-corrected chi connectivity index (χ2v) is 5.78. The Morgan fingerprint density at radius 1 is 1.36 bits per heavy atom. The third-order valence-electron chi connectivity index (χ3n) is 3.26. The van der Waals surface area contributed by atoms with Crippen molar-refractivity contribution < 1.29 is 29.2 Å². The Morgan fingerprint density at radius 2 is 2.05 bits per heavy atom. The first kappa shape index (κ1) is 16.9. The van der Waals surface area contributed by atoms with Gasteiger partial charge in [-0.2, -0.15) is 0 Å². The van der Waals surface area contributed by atoms with E-state index in [2.05, 4.69) is 0 Å². The minimum atomic E-state index is -1.29. The third-order valence-corrected chi connectivity index (χ3v) is 3.26. The average molecular weight is 310 g/mol. The number of carbonyl (C=O) groups is 1. The summed E-state index contributed by atoms with van der Waals surface area (Å²) in [6, 6.07) is 8.58. The zero-order chi connectivity index (χ0) is 16.2.